The maximum atomic E-state index is 14.7. The van der Waals surface area contributed by atoms with Crippen molar-refractivity contribution >= 4 is 23.5 Å². The molecular weight excluding hydrogens is 526 g/mol. The van der Waals surface area contributed by atoms with Gasteiger partial charge in [0.15, 0.2) is 0 Å². The monoisotopic (exact) mass is 569 g/mol. The van der Waals surface area contributed by atoms with E-state index >= 15 is 0 Å². The van der Waals surface area contributed by atoms with Crippen LogP contribution < -0.4 is 19.9 Å². The third kappa shape index (κ3) is 7.09. The largest absolute Gasteiger partial charge is 0.497 e. The van der Waals surface area contributed by atoms with Crippen molar-refractivity contribution in [1.29, 1.82) is 0 Å². The van der Waals surface area contributed by atoms with Crippen LogP contribution in [-0.4, -0.2) is 54.1 Å². The molecule has 2 aliphatic rings. The van der Waals surface area contributed by atoms with Crippen LogP contribution in [0.1, 0.15) is 75.7 Å². The lowest BCUT2D eigenvalue weighted by molar-refractivity contribution is -0.123. The van der Waals surface area contributed by atoms with Gasteiger partial charge in [0.25, 0.3) is 5.91 Å². The number of aromatic nitrogens is 2. The van der Waals surface area contributed by atoms with Crippen molar-refractivity contribution in [3.05, 3.63) is 66.4 Å². The normalized spacial score (nSPS) is 16.3. The lowest BCUT2D eigenvalue weighted by Gasteiger charge is -2.34. The second kappa shape index (κ2) is 13.8. The van der Waals surface area contributed by atoms with Gasteiger partial charge in [-0.15, -0.1) is 0 Å². The van der Waals surface area contributed by atoms with Crippen LogP contribution in [0.15, 0.2) is 60.7 Å². The van der Waals surface area contributed by atoms with Gasteiger partial charge in [-0.05, 0) is 68.4 Å². The number of nitrogens with zero attached hydrogens (tertiary/aromatic N) is 4. The Labute approximate surface area is 249 Å². The van der Waals surface area contributed by atoms with E-state index in [-0.39, 0.29) is 29.5 Å². The SMILES string of the molecule is COc1ccc(N(C(=O)c2cc(-c3ccccc3)nc(N3CCCC3)n2)[C@@H](CC(C)C)C(=O)NC2CCCCC2)cc1. The number of amides is 2. The Morgan fingerprint density at radius 3 is 2.29 bits per heavy atom. The zero-order valence-electron chi connectivity index (χ0n) is 25.1. The number of hydrogen-bond donors (Lipinski definition) is 1. The second-order valence-electron chi connectivity index (χ2n) is 11.9. The fourth-order valence-electron chi connectivity index (χ4n) is 5.98. The average molecular weight is 570 g/mol. The van der Waals surface area contributed by atoms with Crippen LogP contribution >= 0.6 is 0 Å². The van der Waals surface area contributed by atoms with Crippen LogP contribution in [0.3, 0.4) is 0 Å². The van der Waals surface area contributed by atoms with Gasteiger partial charge in [-0.1, -0.05) is 63.4 Å². The highest BCUT2D eigenvalue weighted by Gasteiger charge is 2.35. The maximum Gasteiger partial charge on any atom is 0.277 e. The lowest BCUT2D eigenvalue weighted by Crippen LogP contribution is -2.53. The summed E-state index contributed by atoms with van der Waals surface area (Å²) in [6, 6.07) is 18.4. The number of anilines is 2. The summed E-state index contributed by atoms with van der Waals surface area (Å²) < 4.78 is 5.40. The van der Waals surface area contributed by atoms with Crippen molar-refractivity contribution in [2.75, 3.05) is 30.0 Å². The number of rotatable bonds is 10. The summed E-state index contributed by atoms with van der Waals surface area (Å²) in [6.07, 6.45) is 8.04. The van der Waals surface area contributed by atoms with Gasteiger partial charge in [-0.25, -0.2) is 9.97 Å². The van der Waals surface area contributed by atoms with Crippen molar-refractivity contribution in [2.24, 2.45) is 5.92 Å². The first kappa shape index (κ1) is 29.5. The summed E-state index contributed by atoms with van der Waals surface area (Å²) in [5, 5.41) is 3.30. The van der Waals surface area contributed by atoms with E-state index in [1.807, 2.05) is 54.6 Å². The number of carbonyl (C=O) groups is 2. The number of carbonyl (C=O) groups excluding carboxylic acids is 2. The van der Waals surface area contributed by atoms with Gasteiger partial charge in [0.1, 0.15) is 17.5 Å². The van der Waals surface area contributed by atoms with Crippen LogP contribution in [0.25, 0.3) is 11.3 Å². The summed E-state index contributed by atoms with van der Waals surface area (Å²) in [5.41, 5.74) is 2.52. The van der Waals surface area contributed by atoms with Gasteiger partial charge in [0.2, 0.25) is 11.9 Å². The number of ether oxygens (including phenoxy) is 1. The zero-order chi connectivity index (χ0) is 29.5. The van der Waals surface area contributed by atoms with Crippen molar-refractivity contribution in [1.82, 2.24) is 15.3 Å². The van der Waals surface area contributed by atoms with E-state index in [0.717, 1.165) is 57.2 Å². The molecule has 1 aromatic heterocycles. The van der Waals surface area contributed by atoms with E-state index in [0.29, 0.717) is 29.5 Å². The molecule has 0 radical (unpaired) electrons. The zero-order valence-corrected chi connectivity index (χ0v) is 25.1. The fourth-order valence-corrected chi connectivity index (χ4v) is 5.98. The molecule has 0 bridgehead atoms. The highest BCUT2D eigenvalue weighted by atomic mass is 16.5. The minimum absolute atomic E-state index is 0.114. The number of nitrogens with one attached hydrogen (secondary N) is 1. The van der Waals surface area contributed by atoms with E-state index in [4.69, 9.17) is 14.7 Å². The van der Waals surface area contributed by atoms with E-state index < -0.39 is 6.04 Å². The van der Waals surface area contributed by atoms with Crippen molar-refractivity contribution in [3.8, 4) is 17.0 Å². The minimum Gasteiger partial charge on any atom is -0.497 e. The summed E-state index contributed by atoms with van der Waals surface area (Å²) in [6.45, 7) is 5.88. The Kier molecular flexibility index (Phi) is 9.72. The Bertz CT molecular complexity index is 1330. The smallest absolute Gasteiger partial charge is 0.277 e. The summed E-state index contributed by atoms with van der Waals surface area (Å²) in [4.78, 5) is 42.2. The molecule has 5 rings (SSSR count). The van der Waals surface area contributed by atoms with Crippen molar-refractivity contribution in [2.45, 2.75) is 77.3 Å². The second-order valence-corrected chi connectivity index (χ2v) is 11.9. The van der Waals surface area contributed by atoms with Crippen LogP contribution in [0.2, 0.25) is 0 Å². The van der Waals surface area contributed by atoms with Crippen molar-refractivity contribution < 1.29 is 14.3 Å². The number of benzene rings is 2. The van der Waals surface area contributed by atoms with Gasteiger partial charge < -0.3 is 15.0 Å². The van der Waals surface area contributed by atoms with E-state index in [9.17, 15) is 9.59 Å². The quantitative estimate of drug-likeness (QED) is 0.310. The molecule has 42 heavy (non-hydrogen) atoms. The van der Waals surface area contributed by atoms with Gasteiger partial charge in [0.05, 0.1) is 12.8 Å². The van der Waals surface area contributed by atoms with Crippen LogP contribution in [0.5, 0.6) is 5.75 Å². The summed E-state index contributed by atoms with van der Waals surface area (Å²) in [5.74, 6) is 0.995. The average Bonchev–Trinajstić information content (AvgIpc) is 3.57. The molecule has 3 aromatic rings. The molecule has 2 fully saturated rings. The predicted octanol–water partition coefficient (Wildman–Crippen LogP) is 6.26. The van der Waals surface area contributed by atoms with Crippen LogP contribution in [0.4, 0.5) is 11.6 Å². The molecule has 8 nitrogen and oxygen atoms in total. The maximum absolute atomic E-state index is 14.7. The van der Waals surface area contributed by atoms with Crippen LogP contribution in [-0.2, 0) is 4.79 Å². The fraction of sp³-hybridized carbons (Fsp3) is 0.471. The Morgan fingerprint density at radius 1 is 0.952 bits per heavy atom. The number of methoxy groups -OCH3 is 1. The molecular formula is C34H43N5O3. The molecule has 1 N–H and O–H groups in total. The van der Waals surface area contributed by atoms with E-state index in [1.54, 1.807) is 18.1 Å². The van der Waals surface area contributed by atoms with E-state index in [2.05, 4.69) is 24.1 Å². The standard InChI is InChI=1S/C34H43N5O3/c1-24(2)22-31(32(40)35-26-14-8-5-9-15-26)39(27-16-18-28(42-3)19-17-27)33(41)30-23-29(25-12-6-4-7-13-25)36-34(37-30)38-20-10-11-21-38/h4,6-7,12-13,16-19,23-24,26,31H,5,8-11,14-15,20-22H2,1-3H3,(H,35,40)/t31-/m0/s1. The Balaban J connectivity index is 1.58. The molecule has 1 saturated carbocycles. The third-order valence-electron chi connectivity index (χ3n) is 8.22. The van der Waals surface area contributed by atoms with Gasteiger partial charge in [-0.3, -0.25) is 14.5 Å². The first-order chi connectivity index (χ1) is 20.4. The first-order valence-electron chi connectivity index (χ1n) is 15.4. The molecule has 1 aliphatic carbocycles. The molecule has 1 aliphatic heterocycles. The van der Waals surface area contributed by atoms with Gasteiger partial charge in [-0.2, -0.15) is 0 Å². The molecule has 0 spiro atoms. The number of hydrogen-bond acceptors (Lipinski definition) is 6. The molecule has 222 valence electrons. The predicted molar refractivity (Wildman–Crippen MR) is 167 cm³/mol. The summed E-state index contributed by atoms with van der Waals surface area (Å²) >= 11 is 0. The molecule has 1 saturated heterocycles. The minimum atomic E-state index is -0.696. The lowest BCUT2D eigenvalue weighted by atomic mass is 9.94. The molecule has 2 amide bonds. The highest BCUT2D eigenvalue weighted by Crippen LogP contribution is 2.29. The molecule has 2 aromatic carbocycles. The van der Waals surface area contributed by atoms with Crippen molar-refractivity contribution in [3.63, 3.8) is 0 Å². The topological polar surface area (TPSA) is 87.7 Å². The molecule has 2 heterocycles. The Morgan fingerprint density at radius 2 is 1.64 bits per heavy atom. The molecule has 0 unspecified atom stereocenters. The highest BCUT2D eigenvalue weighted by molar-refractivity contribution is 6.09. The van der Waals surface area contributed by atoms with Gasteiger partial charge >= 0.3 is 0 Å². The van der Waals surface area contributed by atoms with Crippen LogP contribution in [0, 0.1) is 5.92 Å². The summed E-state index contributed by atoms with van der Waals surface area (Å²) in [7, 11) is 1.61. The molecule has 8 heteroatoms. The molecule has 1 atom stereocenters. The van der Waals surface area contributed by atoms with Gasteiger partial charge in [0, 0.05) is 30.4 Å². The third-order valence-corrected chi connectivity index (χ3v) is 8.22. The van der Waals surface area contributed by atoms with E-state index in [1.165, 1.54) is 6.42 Å². The first-order valence-corrected chi connectivity index (χ1v) is 15.4. The Hall–Kier alpha value is -3.94.